The van der Waals surface area contributed by atoms with Crippen molar-refractivity contribution in [1.29, 1.82) is 0 Å². The van der Waals surface area contributed by atoms with Crippen LogP contribution in [0, 0.1) is 10.7 Å². The Hall–Kier alpha value is -0.760. The van der Waals surface area contributed by atoms with Crippen molar-refractivity contribution in [3.63, 3.8) is 0 Å². The molecular formula is C14H26N4O2S. The second-order valence-corrected chi connectivity index (χ2v) is 6.11. The van der Waals surface area contributed by atoms with E-state index in [2.05, 4.69) is 24.0 Å². The largest absolute Gasteiger partial charge is 0.388 e. The smallest absolute Gasteiger partial charge is 0.199 e. The van der Waals surface area contributed by atoms with Crippen LogP contribution < -0.4 is 0 Å². The van der Waals surface area contributed by atoms with Crippen LogP contribution in [0.15, 0.2) is 0 Å². The van der Waals surface area contributed by atoms with E-state index in [-0.39, 0.29) is 6.61 Å². The summed E-state index contributed by atoms with van der Waals surface area (Å²) < 4.78 is 9.83. The SMILES string of the molecule is CCCn1c(CO)nn(CN(C)CC2CCOCC2)c1=S. The Morgan fingerprint density at radius 2 is 2.14 bits per heavy atom. The van der Waals surface area contributed by atoms with Gasteiger partial charge in [0.2, 0.25) is 0 Å². The molecule has 0 radical (unpaired) electrons. The lowest BCUT2D eigenvalue weighted by atomic mass is 10.0. The highest BCUT2D eigenvalue weighted by Gasteiger charge is 2.17. The van der Waals surface area contributed by atoms with Gasteiger partial charge >= 0.3 is 0 Å². The third-order valence-electron chi connectivity index (χ3n) is 3.87. The van der Waals surface area contributed by atoms with E-state index in [0.29, 0.717) is 23.2 Å². The van der Waals surface area contributed by atoms with E-state index in [4.69, 9.17) is 17.0 Å². The van der Waals surface area contributed by atoms with Crippen LogP contribution >= 0.6 is 12.2 Å². The van der Waals surface area contributed by atoms with E-state index in [1.807, 2.05) is 9.25 Å². The number of aliphatic hydroxyl groups is 1. The zero-order valence-electron chi connectivity index (χ0n) is 13.0. The van der Waals surface area contributed by atoms with Crippen molar-refractivity contribution in [3.05, 3.63) is 10.6 Å². The summed E-state index contributed by atoms with van der Waals surface area (Å²) >= 11 is 5.47. The van der Waals surface area contributed by atoms with E-state index in [0.717, 1.165) is 45.6 Å². The Kier molecular flexibility index (Phi) is 6.35. The van der Waals surface area contributed by atoms with Crippen molar-refractivity contribution in [1.82, 2.24) is 19.2 Å². The summed E-state index contributed by atoms with van der Waals surface area (Å²) in [7, 11) is 2.09. The fourth-order valence-corrected chi connectivity index (χ4v) is 3.09. The average molecular weight is 314 g/mol. The molecule has 0 amide bonds. The molecule has 6 nitrogen and oxygen atoms in total. The Labute approximate surface area is 131 Å². The van der Waals surface area contributed by atoms with Crippen LogP contribution in [0.5, 0.6) is 0 Å². The van der Waals surface area contributed by atoms with Crippen LogP contribution in [0.3, 0.4) is 0 Å². The predicted molar refractivity (Wildman–Crippen MR) is 83.4 cm³/mol. The van der Waals surface area contributed by atoms with Gasteiger partial charge in [-0.15, -0.1) is 0 Å². The molecule has 1 saturated heterocycles. The Morgan fingerprint density at radius 1 is 1.43 bits per heavy atom. The summed E-state index contributed by atoms with van der Waals surface area (Å²) in [5.74, 6) is 1.34. The molecule has 21 heavy (non-hydrogen) atoms. The molecular weight excluding hydrogens is 288 g/mol. The number of aliphatic hydroxyl groups excluding tert-OH is 1. The zero-order valence-corrected chi connectivity index (χ0v) is 13.8. The van der Waals surface area contributed by atoms with Gasteiger partial charge in [0.1, 0.15) is 6.61 Å². The zero-order chi connectivity index (χ0) is 15.2. The van der Waals surface area contributed by atoms with Gasteiger partial charge in [-0.2, -0.15) is 5.10 Å². The molecule has 0 atom stereocenters. The molecule has 2 heterocycles. The van der Waals surface area contributed by atoms with E-state index >= 15 is 0 Å². The van der Waals surface area contributed by atoms with Gasteiger partial charge in [-0.3, -0.25) is 4.90 Å². The third-order valence-corrected chi connectivity index (χ3v) is 4.31. The van der Waals surface area contributed by atoms with Crippen LogP contribution in [0.25, 0.3) is 0 Å². The van der Waals surface area contributed by atoms with Gasteiger partial charge in [-0.25, -0.2) is 4.68 Å². The van der Waals surface area contributed by atoms with E-state index in [1.54, 1.807) is 0 Å². The topological polar surface area (TPSA) is 55.5 Å². The lowest BCUT2D eigenvalue weighted by Crippen LogP contribution is -2.31. The molecule has 1 N–H and O–H groups in total. The number of hydrogen-bond acceptors (Lipinski definition) is 5. The van der Waals surface area contributed by atoms with Crippen LogP contribution in [0.1, 0.15) is 32.0 Å². The first kappa shape index (κ1) is 16.6. The monoisotopic (exact) mass is 314 g/mol. The summed E-state index contributed by atoms with van der Waals surface area (Å²) in [5, 5.41) is 13.8. The number of aromatic nitrogens is 3. The quantitative estimate of drug-likeness (QED) is 0.775. The first-order valence-corrected chi connectivity index (χ1v) is 8.10. The highest BCUT2D eigenvalue weighted by atomic mass is 32.1. The van der Waals surface area contributed by atoms with Gasteiger partial charge in [-0.1, -0.05) is 6.92 Å². The van der Waals surface area contributed by atoms with Gasteiger partial charge in [0.15, 0.2) is 10.6 Å². The Morgan fingerprint density at radius 3 is 2.76 bits per heavy atom. The van der Waals surface area contributed by atoms with Crippen molar-refractivity contribution in [2.45, 2.75) is 46.0 Å². The molecule has 0 bridgehead atoms. The molecule has 0 aromatic carbocycles. The molecule has 2 rings (SSSR count). The van der Waals surface area contributed by atoms with E-state index < -0.39 is 0 Å². The molecule has 0 aliphatic carbocycles. The standard InChI is InChI=1S/C14H26N4O2S/c1-3-6-17-13(10-19)15-18(14(17)21)11-16(2)9-12-4-7-20-8-5-12/h12,19H,3-11H2,1-2H3. The van der Waals surface area contributed by atoms with Crippen molar-refractivity contribution < 1.29 is 9.84 Å². The summed E-state index contributed by atoms with van der Waals surface area (Å²) in [5.41, 5.74) is 0. The lowest BCUT2D eigenvalue weighted by Gasteiger charge is -2.26. The minimum Gasteiger partial charge on any atom is -0.388 e. The normalized spacial score (nSPS) is 16.8. The van der Waals surface area contributed by atoms with Crippen molar-refractivity contribution in [2.24, 2.45) is 5.92 Å². The van der Waals surface area contributed by atoms with Crippen molar-refractivity contribution in [3.8, 4) is 0 Å². The van der Waals surface area contributed by atoms with E-state index in [9.17, 15) is 5.11 Å². The fourth-order valence-electron chi connectivity index (χ4n) is 2.80. The predicted octanol–water partition coefficient (Wildman–Crippen LogP) is 1.63. The molecule has 120 valence electrons. The Bertz CT molecular complexity index is 494. The maximum Gasteiger partial charge on any atom is 0.199 e. The number of hydrogen-bond donors (Lipinski definition) is 1. The van der Waals surface area contributed by atoms with Gasteiger partial charge < -0.3 is 14.4 Å². The molecule has 1 aromatic heterocycles. The van der Waals surface area contributed by atoms with Crippen molar-refractivity contribution in [2.75, 3.05) is 26.8 Å². The first-order chi connectivity index (χ1) is 10.2. The first-order valence-electron chi connectivity index (χ1n) is 7.69. The lowest BCUT2D eigenvalue weighted by molar-refractivity contribution is 0.0515. The Balaban J connectivity index is 1.99. The van der Waals surface area contributed by atoms with Gasteiger partial charge in [-0.05, 0) is 44.4 Å². The fraction of sp³-hybridized carbons (Fsp3) is 0.857. The van der Waals surface area contributed by atoms with Gasteiger partial charge in [0.05, 0.1) is 6.67 Å². The van der Waals surface area contributed by atoms with Gasteiger partial charge in [0, 0.05) is 26.3 Å². The molecule has 0 unspecified atom stereocenters. The molecule has 1 aliphatic heterocycles. The summed E-state index contributed by atoms with van der Waals surface area (Å²) in [6, 6.07) is 0. The molecule has 0 spiro atoms. The third kappa shape index (κ3) is 4.35. The minimum atomic E-state index is -0.0691. The second kappa shape index (κ2) is 8.03. The number of ether oxygens (including phenoxy) is 1. The van der Waals surface area contributed by atoms with Crippen LogP contribution in [-0.4, -0.2) is 51.2 Å². The van der Waals surface area contributed by atoms with Crippen molar-refractivity contribution >= 4 is 12.2 Å². The maximum atomic E-state index is 9.41. The summed E-state index contributed by atoms with van der Waals surface area (Å²) in [4.78, 5) is 2.25. The van der Waals surface area contributed by atoms with Gasteiger partial charge in [0.25, 0.3) is 0 Å². The molecule has 0 saturated carbocycles. The maximum absolute atomic E-state index is 9.41. The number of nitrogens with zero attached hydrogens (tertiary/aromatic N) is 4. The average Bonchev–Trinajstić information content (AvgIpc) is 2.77. The van der Waals surface area contributed by atoms with Crippen LogP contribution in [-0.2, 0) is 24.6 Å². The number of rotatable bonds is 7. The molecule has 7 heteroatoms. The molecule has 1 aliphatic rings. The highest BCUT2D eigenvalue weighted by Crippen LogP contribution is 2.16. The molecule has 1 aromatic rings. The minimum absolute atomic E-state index is 0.0691. The van der Waals surface area contributed by atoms with Crippen LogP contribution in [0.2, 0.25) is 0 Å². The summed E-state index contributed by atoms with van der Waals surface area (Å²) in [6.45, 7) is 6.27. The highest BCUT2D eigenvalue weighted by molar-refractivity contribution is 7.71. The second-order valence-electron chi connectivity index (χ2n) is 5.74. The summed E-state index contributed by atoms with van der Waals surface area (Å²) in [6.07, 6.45) is 3.23. The van der Waals surface area contributed by atoms with Crippen LogP contribution in [0.4, 0.5) is 0 Å². The van der Waals surface area contributed by atoms with E-state index in [1.165, 1.54) is 0 Å². The molecule has 1 fully saturated rings.